The van der Waals surface area contributed by atoms with Crippen molar-refractivity contribution in [2.24, 2.45) is 5.92 Å². The first-order valence-electron chi connectivity index (χ1n) is 10.8. The maximum atomic E-state index is 12.5. The van der Waals surface area contributed by atoms with Crippen LogP contribution in [0.3, 0.4) is 0 Å². The molecule has 2 saturated heterocycles. The number of nitrogens with one attached hydrogen (secondary N) is 3. The van der Waals surface area contributed by atoms with Crippen molar-refractivity contribution in [3.05, 3.63) is 58.7 Å². The lowest BCUT2D eigenvalue weighted by molar-refractivity contribution is -0.138. The van der Waals surface area contributed by atoms with Gasteiger partial charge in [0, 0.05) is 55.0 Å². The van der Waals surface area contributed by atoms with Gasteiger partial charge in [-0.05, 0) is 66.1 Å². The number of fused-ring (bicyclic) bond motifs is 1. The Morgan fingerprint density at radius 2 is 1.93 bits per heavy atom. The summed E-state index contributed by atoms with van der Waals surface area (Å²) < 4.78 is 0. The normalized spacial score (nSPS) is 19.0. The zero-order chi connectivity index (χ0) is 20.5. The van der Waals surface area contributed by atoms with Gasteiger partial charge in [-0.15, -0.1) is 0 Å². The van der Waals surface area contributed by atoms with E-state index < -0.39 is 0 Å². The second-order valence-corrected chi connectivity index (χ2v) is 8.85. The van der Waals surface area contributed by atoms with Crippen molar-refractivity contribution in [2.75, 3.05) is 31.5 Å². The lowest BCUT2D eigenvalue weighted by Gasteiger charge is -2.37. The van der Waals surface area contributed by atoms with E-state index in [2.05, 4.69) is 40.2 Å². The topological polar surface area (TPSA) is 56.4 Å². The average Bonchev–Trinajstić information content (AvgIpc) is 2.73. The maximum absolute atomic E-state index is 12.5. The SMILES string of the molecule is O=C(C1CNC1)N1CCC(Nc2cc(-c3cccc(Cl)c3)cc3c2CNC=C3)CC1. The average molecular weight is 423 g/mol. The fraction of sp³-hybridized carbons (Fsp3) is 0.375. The minimum Gasteiger partial charge on any atom is -0.387 e. The Morgan fingerprint density at radius 1 is 1.10 bits per heavy atom. The van der Waals surface area contributed by atoms with Gasteiger partial charge in [-0.25, -0.2) is 0 Å². The van der Waals surface area contributed by atoms with Gasteiger partial charge >= 0.3 is 0 Å². The molecular weight excluding hydrogens is 396 g/mol. The minimum atomic E-state index is 0.189. The van der Waals surface area contributed by atoms with E-state index in [9.17, 15) is 4.79 Å². The number of likely N-dealkylation sites (tertiary alicyclic amines) is 1. The summed E-state index contributed by atoms with van der Waals surface area (Å²) in [6.07, 6.45) is 6.09. The van der Waals surface area contributed by atoms with Crippen molar-refractivity contribution in [3.8, 4) is 11.1 Å². The molecule has 5 rings (SSSR count). The van der Waals surface area contributed by atoms with E-state index in [-0.39, 0.29) is 5.92 Å². The molecule has 2 aromatic rings. The van der Waals surface area contributed by atoms with E-state index in [0.29, 0.717) is 11.9 Å². The molecule has 0 radical (unpaired) electrons. The molecule has 5 nitrogen and oxygen atoms in total. The molecule has 0 unspecified atom stereocenters. The Bertz CT molecular complexity index is 977. The highest BCUT2D eigenvalue weighted by atomic mass is 35.5. The molecule has 2 fully saturated rings. The third kappa shape index (κ3) is 3.92. The largest absolute Gasteiger partial charge is 0.387 e. The van der Waals surface area contributed by atoms with Crippen molar-refractivity contribution < 1.29 is 4.79 Å². The minimum absolute atomic E-state index is 0.189. The molecule has 30 heavy (non-hydrogen) atoms. The first-order chi connectivity index (χ1) is 14.7. The lowest BCUT2D eigenvalue weighted by Crippen LogP contribution is -2.54. The predicted octanol–water partition coefficient (Wildman–Crippen LogP) is 3.70. The highest BCUT2D eigenvalue weighted by Gasteiger charge is 2.31. The van der Waals surface area contributed by atoms with Crippen LogP contribution in [0.1, 0.15) is 24.0 Å². The third-order valence-corrected chi connectivity index (χ3v) is 6.63. The quantitative estimate of drug-likeness (QED) is 0.703. The Kier molecular flexibility index (Phi) is 5.40. The van der Waals surface area contributed by atoms with Crippen molar-refractivity contribution in [1.29, 1.82) is 0 Å². The highest BCUT2D eigenvalue weighted by molar-refractivity contribution is 6.30. The van der Waals surface area contributed by atoms with Crippen LogP contribution in [-0.4, -0.2) is 43.0 Å². The number of hydrogen-bond donors (Lipinski definition) is 3. The molecule has 6 heteroatoms. The standard InChI is InChI=1S/C24H27ClN4O/c25-20-3-1-2-16(11-20)18-10-17-4-7-26-15-22(17)23(12-18)28-21-5-8-29(9-6-21)24(30)19-13-27-14-19/h1-4,7,10-12,19,21,26-28H,5-6,8-9,13-15H2. The second kappa shape index (κ2) is 8.32. The summed E-state index contributed by atoms with van der Waals surface area (Å²) in [6, 6.07) is 12.9. The number of benzene rings is 2. The monoisotopic (exact) mass is 422 g/mol. The van der Waals surface area contributed by atoms with Gasteiger partial charge in [0.25, 0.3) is 0 Å². The Morgan fingerprint density at radius 3 is 2.67 bits per heavy atom. The van der Waals surface area contributed by atoms with Crippen LogP contribution in [0.5, 0.6) is 0 Å². The first kappa shape index (κ1) is 19.5. The molecule has 3 aliphatic rings. The number of piperidine rings is 1. The number of halogens is 1. The first-order valence-corrected chi connectivity index (χ1v) is 11.1. The molecule has 0 aromatic heterocycles. The van der Waals surface area contributed by atoms with Gasteiger partial charge < -0.3 is 20.9 Å². The lowest BCUT2D eigenvalue weighted by atomic mass is 9.94. The predicted molar refractivity (Wildman–Crippen MR) is 122 cm³/mol. The van der Waals surface area contributed by atoms with E-state index in [1.165, 1.54) is 16.8 Å². The van der Waals surface area contributed by atoms with Crippen molar-refractivity contribution in [2.45, 2.75) is 25.4 Å². The Balaban J connectivity index is 1.34. The van der Waals surface area contributed by atoms with Crippen LogP contribution < -0.4 is 16.0 Å². The van der Waals surface area contributed by atoms with Crippen LogP contribution in [0.15, 0.2) is 42.6 Å². The molecular formula is C24H27ClN4O. The van der Waals surface area contributed by atoms with Gasteiger partial charge in [-0.1, -0.05) is 23.7 Å². The second-order valence-electron chi connectivity index (χ2n) is 8.42. The number of amides is 1. The van der Waals surface area contributed by atoms with Crippen molar-refractivity contribution in [3.63, 3.8) is 0 Å². The molecule has 0 spiro atoms. The Labute approximate surface area is 182 Å². The highest BCUT2D eigenvalue weighted by Crippen LogP contribution is 2.33. The van der Waals surface area contributed by atoms with Crippen LogP contribution in [0.2, 0.25) is 5.02 Å². The van der Waals surface area contributed by atoms with Crippen molar-refractivity contribution in [1.82, 2.24) is 15.5 Å². The molecule has 3 heterocycles. The van der Waals surface area contributed by atoms with E-state index in [0.717, 1.165) is 61.7 Å². The summed E-state index contributed by atoms with van der Waals surface area (Å²) in [5.41, 5.74) is 5.98. The molecule has 0 atom stereocenters. The number of hydrogen-bond acceptors (Lipinski definition) is 4. The van der Waals surface area contributed by atoms with Crippen LogP contribution in [0.4, 0.5) is 5.69 Å². The summed E-state index contributed by atoms with van der Waals surface area (Å²) >= 11 is 6.23. The van der Waals surface area contributed by atoms with Gasteiger partial charge in [-0.3, -0.25) is 4.79 Å². The fourth-order valence-electron chi connectivity index (χ4n) is 4.50. The summed E-state index contributed by atoms with van der Waals surface area (Å²) in [5.74, 6) is 0.510. The third-order valence-electron chi connectivity index (χ3n) is 6.40. The van der Waals surface area contributed by atoms with Crippen LogP contribution in [-0.2, 0) is 11.3 Å². The zero-order valence-electron chi connectivity index (χ0n) is 17.0. The number of rotatable bonds is 4. The van der Waals surface area contributed by atoms with Gasteiger partial charge in [0.2, 0.25) is 5.91 Å². The molecule has 1 amide bonds. The molecule has 3 aliphatic heterocycles. The van der Waals surface area contributed by atoms with Gasteiger partial charge in [0.15, 0.2) is 0 Å². The zero-order valence-corrected chi connectivity index (χ0v) is 17.7. The molecule has 0 aliphatic carbocycles. The van der Waals surface area contributed by atoms with Crippen molar-refractivity contribution >= 4 is 29.3 Å². The smallest absolute Gasteiger partial charge is 0.228 e. The van der Waals surface area contributed by atoms with E-state index in [4.69, 9.17) is 11.6 Å². The summed E-state index contributed by atoms with van der Waals surface area (Å²) in [4.78, 5) is 14.6. The molecule has 3 N–H and O–H groups in total. The van der Waals surface area contributed by atoms with Gasteiger partial charge in [0.1, 0.15) is 0 Å². The number of carbonyl (C=O) groups excluding carboxylic acids is 1. The molecule has 0 saturated carbocycles. The fourth-order valence-corrected chi connectivity index (χ4v) is 4.69. The van der Waals surface area contributed by atoms with Gasteiger partial charge in [-0.2, -0.15) is 0 Å². The Hall–Kier alpha value is -2.50. The van der Waals surface area contributed by atoms with E-state index in [1.54, 1.807) is 0 Å². The molecule has 0 bridgehead atoms. The number of anilines is 1. The van der Waals surface area contributed by atoms with Gasteiger partial charge in [0.05, 0.1) is 5.92 Å². The van der Waals surface area contributed by atoms with Crippen LogP contribution >= 0.6 is 11.6 Å². The maximum Gasteiger partial charge on any atom is 0.228 e. The summed E-state index contributed by atoms with van der Waals surface area (Å²) in [7, 11) is 0. The van der Waals surface area contributed by atoms with E-state index >= 15 is 0 Å². The molecule has 156 valence electrons. The molecule has 2 aromatic carbocycles. The number of nitrogens with zero attached hydrogens (tertiary/aromatic N) is 1. The van der Waals surface area contributed by atoms with E-state index in [1.807, 2.05) is 29.3 Å². The number of carbonyl (C=O) groups is 1. The van der Waals surface area contributed by atoms with Crippen LogP contribution in [0.25, 0.3) is 17.2 Å². The summed E-state index contributed by atoms with van der Waals surface area (Å²) in [6.45, 7) is 4.15. The van der Waals surface area contributed by atoms with Crippen LogP contribution in [0, 0.1) is 5.92 Å². The summed E-state index contributed by atoms with van der Waals surface area (Å²) in [5, 5.41) is 11.1.